The number of hydrogen-bond acceptors (Lipinski definition) is 6. The lowest BCUT2D eigenvalue weighted by atomic mass is 10.2. The molecule has 6 heteroatoms. The van der Waals surface area contributed by atoms with Gasteiger partial charge in [-0.15, -0.1) is 0 Å². The largest absolute Gasteiger partial charge is 0.371 e. The van der Waals surface area contributed by atoms with Gasteiger partial charge in [0.15, 0.2) is 0 Å². The topological polar surface area (TPSA) is 76.7 Å². The first-order valence-corrected chi connectivity index (χ1v) is 4.43. The lowest BCUT2D eigenvalue weighted by molar-refractivity contribution is -0.152. The van der Waals surface area contributed by atoms with E-state index in [2.05, 4.69) is 20.6 Å². The molecule has 0 saturated carbocycles. The summed E-state index contributed by atoms with van der Waals surface area (Å²) in [6, 6.07) is 0. The number of hydroxylamine groups is 2. The Morgan fingerprint density at radius 1 is 0.929 bits per heavy atom. The summed E-state index contributed by atoms with van der Waals surface area (Å²) in [5.41, 5.74) is 4.57. The molecule has 0 fully saturated rings. The third kappa shape index (κ3) is 7.51. The molecule has 0 atom stereocenters. The van der Waals surface area contributed by atoms with Gasteiger partial charge in [0.2, 0.25) is 0 Å². The van der Waals surface area contributed by atoms with Crippen molar-refractivity contribution in [2.24, 2.45) is 0 Å². The van der Waals surface area contributed by atoms with E-state index in [1.165, 1.54) is 14.1 Å². The van der Waals surface area contributed by atoms with Crippen molar-refractivity contribution in [1.29, 1.82) is 0 Å². The highest BCUT2D eigenvalue weighted by atomic mass is 16.7. The van der Waals surface area contributed by atoms with E-state index >= 15 is 0 Å². The van der Waals surface area contributed by atoms with Crippen LogP contribution in [0.5, 0.6) is 0 Å². The molecule has 82 valence electrons. The summed E-state index contributed by atoms with van der Waals surface area (Å²) in [6.45, 7) is 0. The molecule has 0 aromatic heterocycles. The molecule has 2 N–H and O–H groups in total. The van der Waals surface area contributed by atoms with Crippen LogP contribution in [0.2, 0.25) is 0 Å². The Morgan fingerprint density at radius 3 is 1.57 bits per heavy atom. The van der Waals surface area contributed by atoms with E-state index in [1.54, 1.807) is 0 Å². The van der Waals surface area contributed by atoms with E-state index in [0.717, 1.165) is 0 Å². The number of nitrogens with one attached hydrogen (secondary N) is 2. The fourth-order valence-electron chi connectivity index (χ4n) is 0.868. The third-order valence-corrected chi connectivity index (χ3v) is 1.44. The van der Waals surface area contributed by atoms with Crippen molar-refractivity contribution < 1.29 is 19.3 Å². The van der Waals surface area contributed by atoms with E-state index < -0.39 is 0 Å². The minimum atomic E-state index is -0.325. The van der Waals surface area contributed by atoms with Crippen LogP contribution in [0.3, 0.4) is 0 Å². The van der Waals surface area contributed by atoms with E-state index in [1.807, 2.05) is 0 Å². The zero-order valence-corrected chi connectivity index (χ0v) is 8.46. The highest BCUT2D eigenvalue weighted by Crippen LogP contribution is 2.01. The summed E-state index contributed by atoms with van der Waals surface area (Å²) in [7, 11) is 3.03. The normalized spacial score (nSPS) is 9.57. The minimum Gasteiger partial charge on any atom is -0.371 e. The van der Waals surface area contributed by atoms with Crippen LogP contribution in [-0.2, 0) is 19.3 Å². The number of carbonyl (C=O) groups is 2. The fourth-order valence-corrected chi connectivity index (χ4v) is 0.868. The number of carbonyl (C=O) groups excluding carboxylic acids is 2. The van der Waals surface area contributed by atoms with Crippen LogP contribution in [0.25, 0.3) is 0 Å². The van der Waals surface area contributed by atoms with Gasteiger partial charge in [0.25, 0.3) is 0 Å². The van der Waals surface area contributed by atoms with Crippen LogP contribution in [0.1, 0.15) is 25.7 Å². The quantitative estimate of drug-likeness (QED) is 0.445. The molecule has 0 radical (unpaired) electrons. The Hall–Kier alpha value is -1.14. The van der Waals surface area contributed by atoms with Gasteiger partial charge in [0, 0.05) is 26.9 Å². The van der Waals surface area contributed by atoms with E-state index in [0.29, 0.717) is 25.7 Å². The molecule has 0 amide bonds. The lowest BCUT2D eigenvalue weighted by Gasteiger charge is -2.02. The average molecular weight is 204 g/mol. The van der Waals surface area contributed by atoms with Crippen molar-refractivity contribution in [3.63, 3.8) is 0 Å². The molecule has 0 heterocycles. The predicted octanol–water partition coefficient (Wildman–Crippen LogP) is -0.0980. The highest BCUT2D eigenvalue weighted by molar-refractivity contribution is 5.70. The van der Waals surface area contributed by atoms with Gasteiger partial charge in [-0.3, -0.25) is 9.59 Å². The van der Waals surface area contributed by atoms with Crippen molar-refractivity contribution in [3.8, 4) is 0 Å². The Kier molecular flexibility index (Phi) is 7.77. The van der Waals surface area contributed by atoms with Crippen molar-refractivity contribution in [2.75, 3.05) is 14.1 Å². The van der Waals surface area contributed by atoms with Crippen molar-refractivity contribution in [1.82, 2.24) is 11.0 Å². The average Bonchev–Trinajstić information content (AvgIpc) is 2.13. The summed E-state index contributed by atoms with van der Waals surface area (Å²) in [5.74, 6) is -0.649. The third-order valence-electron chi connectivity index (χ3n) is 1.44. The summed E-state index contributed by atoms with van der Waals surface area (Å²) < 4.78 is 0. The molecule has 14 heavy (non-hydrogen) atoms. The van der Waals surface area contributed by atoms with Crippen molar-refractivity contribution >= 4 is 11.9 Å². The second-order valence-electron chi connectivity index (χ2n) is 2.56. The molecule has 0 aromatic rings. The van der Waals surface area contributed by atoms with Gasteiger partial charge >= 0.3 is 11.9 Å². The second kappa shape index (κ2) is 8.46. The molecule has 0 rings (SSSR count). The van der Waals surface area contributed by atoms with Gasteiger partial charge in [0.1, 0.15) is 0 Å². The smallest absolute Gasteiger partial charge is 0.324 e. The molecule has 0 saturated heterocycles. The number of rotatable bonds is 7. The number of hydrogen-bond donors (Lipinski definition) is 2. The minimum absolute atomic E-state index is 0.299. The van der Waals surface area contributed by atoms with Crippen LogP contribution in [0.4, 0.5) is 0 Å². The number of unbranched alkanes of at least 4 members (excludes halogenated alkanes) is 1. The van der Waals surface area contributed by atoms with E-state index in [9.17, 15) is 9.59 Å². The molecule has 0 unspecified atom stereocenters. The van der Waals surface area contributed by atoms with Crippen molar-refractivity contribution in [2.45, 2.75) is 25.7 Å². The van der Waals surface area contributed by atoms with Crippen LogP contribution in [0.15, 0.2) is 0 Å². The van der Waals surface area contributed by atoms with Crippen LogP contribution >= 0.6 is 0 Å². The SMILES string of the molecule is CNOC(=O)CCCCC(=O)ONC. The molecule has 0 aliphatic rings. The summed E-state index contributed by atoms with van der Waals surface area (Å²) >= 11 is 0. The van der Waals surface area contributed by atoms with Gasteiger partial charge in [-0.1, -0.05) is 0 Å². The molecular formula is C8H16N2O4. The highest BCUT2D eigenvalue weighted by Gasteiger charge is 2.04. The first kappa shape index (κ1) is 12.9. The summed E-state index contributed by atoms with van der Waals surface area (Å²) in [4.78, 5) is 30.6. The standard InChI is InChI=1S/C8H16N2O4/c1-9-13-7(11)5-3-4-6-8(12)14-10-2/h9-10H,3-6H2,1-2H3. The first-order valence-electron chi connectivity index (χ1n) is 4.43. The Morgan fingerprint density at radius 2 is 1.29 bits per heavy atom. The maximum absolute atomic E-state index is 10.8. The lowest BCUT2D eigenvalue weighted by Crippen LogP contribution is -2.16. The molecule has 6 nitrogen and oxygen atoms in total. The Labute approximate surface area is 82.9 Å². The van der Waals surface area contributed by atoms with E-state index in [-0.39, 0.29) is 11.9 Å². The molecule has 0 aliphatic heterocycles. The summed E-state index contributed by atoms with van der Waals surface area (Å²) in [6.07, 6.45) is 1.82. The zero-order chi connectivity index (χ0) is 10.8. The first-order chi connectivity index (χ1) is 6.70. The summed E-state index contributed by atoms with van der Waals surface area (Å²) in [5, 5.41) is 0. The monoisotopic (exact) mass is 204 g/mol. The fraction of sp³-hybridized carbons (Fsp3) is 0.750. The molecule has 0 bridgehead atoms. The maximum Gasteiger partial charge on any atom is 0.324 e. The zero-order valence-electron chi connectivity index (χ0n) is 8.46. The van der Waals surface area contributed by atoms with Crippen molar-refractivity contribution in [3.05, 3.63) is 0 Å². The van der Waals surface area contributed by atoms with Crippen LogP contribution in [-0.4, -0.2) is 26.0 Å². The second-order valence-corrected chi connectivity index (χ2v) is 2.56. The molecule has 0 spiro atoms. The Bertz CT molecular complexity index is 164. The van der Waals surface area contributed by atoms with E-state index in [4.69, 9.17) is 0 Å². The molecular weight excluding hydrogens is 188 g/mol. The van der Waals surface area contributed by atoms with Gasteiger partial charge in [-0.25, -0.2) is 0 Å². The van der Waals surface area contributed by atoms with Crippen LogP contribution in [0, 0.1) is 0 Å². The van der Waals surface area contributed by atoms with Gasteiger partial charge in [-0.2, -0.15) is 11.0 Å². The maximum atomic E-state index is 10.8. The van der Waals surface area contributed by atoms with Gasteiger partial charge < -0.3 is 9.68 Å². The van der Waals surface area contributed by atoms with Gasteiger partial charge in [-0.05, 0) is 12.8 Å². The Balaban J connectivity index is 3.28. The molecule has 0 aromatic carbocycles. The van der Waals surface area contributed by atoms with Crippen LogP contribution < -0.4 is 11.0 Å². The molecule has 0 aliphatic carbocycles. The van der Waals surface area contributed by atoms with Gasteiger partial charge in [0.05, 0.1) is 0 Å². The predicted molar refractivity (Wildman–Crippen MR) is 48.8 cm³/mol.